The van der Waals surface area contributed by atoms with Gasteiger partial charge in [-0.1, -0.05) is 0 Å². The topological polar surface area (TPSA) is 50.3 Å². The Balaban J connectivity index is 1.80. The van der Waals surface area contributed by atoms with Gasteiger partial charge < -0.3 is 15.5 Å². The van der Waals surface area contributed by atoms with Crippen molar-refractivity contribution in [2.75, 3.05) is 40.0 Å². The van der Waals surface area contributed by atoms with Gasteiger partial charge in [0.2, 0.25) is 0 Å². The lowest BCUT2D eigenvalue weighted by atomic mass is 9.75. The summed E-state index contributed by atoms with van der Waals surface area (Å²) in [6.45, 7) is 3.05. The van der Waals surface area contributed by atoms with Crippen LogP contribution in [-0.2, 0) is 6.54 Å². The molecule has 1 saturated carbocycles. The van der Waals surface area contributed by atoms with Crippen molar-refractivity contribution in [3.05, 3.63) is 12.3 Å². The number of nitrogens with two attached hydrogens (primary N) is 1. The van der Waals surface area contributed by atoms with E-state index in [1.165, 1.54) is 19.3 Å². The molecule has 0 unspecified atom stereocenters. The van der Waals surface area contributed by atoms with Crippen LogP contribution in [0.5, 0.6) is 0 Å². The Morgan fingerprint density at radius 1 is 1.39 bits per heavy atom. The summed E-state index contributed by atoms with van der Waals surface area (Å²) in [6.07, 6.45) is 5.94. The van der Waals surface area contributed by atoms with Gasteiger partial charge in [0.05, 0.1) is 6.54 Å². The van der Waals surface area contributed by atoms with Gasteiger partial charge in [0.15, 0.2) is 0 Å². The van der Waals surface area contributed by atoms with Crippen LogP contribution in [0.4, 0.5) is 5.82 Å². The molecule has 2 N–H and O–H groups in total. The highest BCUT2D eigenvalue weighted by Gasteiger charge is 2.39. The van der Waals surface area contributed by atoms with Crippen molar-refractivity contribution in [2.24, 2.45) is 0 Å². The summed E-state index contributed by atoms with van der Waals surface area (Å²) in [6, 6.07) is 1.84. The van der Waals surface area contributed by atoms with Gasteiger partial charge in [0, 0.05) is 24.8 Å². The van der Waals surface area contributed by atoms with Crippen LogP contribution in [0.1, 0.15) is 19.3 Å². The van der Waals surface area contributed by atoms with Crippen LogP contribution in [0.2, 0.25) is 0 Å². The maximum Gasteiger partial charge on any atom is 0.145 e. The monoisotopic (exact) mass is 251 g/mol. The number of anilines is 1. The average molecular weight is 251 g/mol. The summed E-state index contributed by atoms with van der Waals surface area (Å²) in [4.78, 5) is 4.79. The van der Waals surface area contributed by atoms with Gasteiger partial charge >= 0.3 is 0 Å². The van der Waals surface area contributed by atoms with Crippen molar-refractivity contribution in [1.29, 1.82) is 0 Å². The molecule has 0 radical (unpaired) electrons. The fourth-order valence-electron chi connectivity index (χ4n) is 2.69. The molecule has 0 spiro atoms. The van der Waals surface area contributed by atoms with E-state index in [0.717, 1.165) is 19.6 Å². The van der Waals surface area contributed by atoms with E-state index in [-0.39, 0.29) is 0 Å². The maximum absolute atomic E-state index is 5.60. The molecule has 18 heavy (non-hydrogen) atoms. The van der Waals surface area contributed by atoms with Crippen LogP contribution in [0.25, 0.3) is 0 Å². The molecule has 1 aliphatic rings. The molecule has 0 atom stereocenters. The minimum Gasteiger partial charge on any atom is -0.382 e. The Morgan fingerprint density at radius 2 is 2.11 bits per heavy atom. The number of nitrogens with zero attached hydrogens (tertiary/aromatic N) is 4. The molecule has 5 heteroatoms. The Hall–Kier alpha value is -1.07. The quantitative estimate of drug-likeness (QED) is 0.815. The molecule has 0 bridgehead atoms. The van der Waals surface area contributed by atoms with Gasteiger partial charge in [-0.2, -0.15) is 5.10 Å². The number of nitrogen functional groups attached to an aromatic ring is 1. The van der Waals surface area contributed by atoms with Crippen LogP contribution >= 0.6 is 0 Å². The molecule has 0 saturated heterocycles. The van der Waals surface area contributed by atoms with E-state index in [1.54, 1.807) is 0 Å². The first-order valence-corrected chi connectivity index (χ1v) is 6.67. The molecule has 0 aromatic carbocycles. The first-order chi connectivity index (χ1) is 8.52. The molecule has 1 aromatic heterocycles. The van der Waals surface area contributed by atoms with Crippen LogP contribution < -0.4 is 5.73 Å². The fourth-order valence-corrected chi connectivity index (χ4v) is 2.69. The SMILES string of the molecule is CN(CCn1ccc(N)n1)CC1(N(C)C)CCC1. The van der Waals surface area contributed by atoms with E-state index in [1.807, 2.05) is 16.9 Å². The summed E-state index contributed by atoms with van der Waals surface area (Å²) in [5.41, 5.74) is 6.01. The van der Waals surface area contributed by atoms with E-state index in [0.29, 0.717) is 11.4 Å². The largest absolute Gasteiger partial charge is 0.382 e. The molecule has 1 aromatic rings. The average Bonchev–Trinajstić information content (AvgIpc) is 2.66. The standard InChI is InChI=1S/C13H25N5/c1-16(2)13(6-4-7-13)11-17(3)9-10-18-8-5-12(14)15-18/h5,8H,4,6-7,9-11H2,1-3H3,(H2,14,15). The minimum atomic E-state index is 0.401. The second-order valence-corrected chi connectivity index (χ2v) is 5.71. The molecule has 2 rings (SSSR count). The molecular weight excluding hydrogens is 226 g/mol. The Morgan fingerprint density at radius 3 is 2.56 bits per heavy atom. The molecule has 0 aliphatic heterocycles. The first kappa shape index (κ1) is 13.4. The van der Waals surface area contributed by atoms with Crippen molar-refractivity contribution < 1.29 is 0 Å². The third-order valence-corrected chi connectivity index (χ3v) is 4.17. The van der Waals surface area contributed by atoms with E-state index < -0.39 is 0 Å². The number of hydrogen-bond acceptors (Lipinski definition) is 4. The molecule has 1 fully saturated rings. The molecule has 1 aliphatic carbocycles. The highest BCUT2D eigenvalue weighted by atomic mass is 15.3. The first-order valence-electron chi connectivity index (χ1n) is 6.67. The van der Waals surface area contributed by atoms with Gasteiger partial charge in [0.1, 0.15) is 5.82 Å². The third-order valence-electron chi connectivity index (χ3n) is 4.17. The minimum absolute atomic E-state index is 0.401. The lowest BCUT2D eigenvalue weighted by molar-refractivity contribution is 0.0269. The predicted molar refractivity (Wildman–Crippen MR) is 74.4 cm³/mol. The molecule has 1 heterocycles. The predicted octanol–water partition coefficient (Wildman–Crippen LogP) is 0.881. The van der Waals surface area contributed by atoms with Crippen molar-refractivity contribution >= 4 is 5.82 Å². The Labute approximate surface area is 110 Å². The van der Waals surface area contributed by atoms with Gasteiger partial charge in [-0.05, 0) is 46.5 Å². The Bertz CT molecular complexity index is 380. The second kappa shape index (κ2) is 5.28. The number of aromatic nitrogens is 2. The Kier molecular flexibility index (Phi) is 3.92. The summed E-state index contributed by atoms with van der Waals surface area (Å²) in [5.74, 6) is 0.599. The van der Waals surface area contributed by atoms with Gasteiger partial charge in [-0.15, -0.1) is 0 Å². The summed E-state index contributed by atoms with van der Waals surface area (Å²) < 4.78 is 1.91. The van der Waals surface area contributed by atoms with Gasteiger partial charge in [-0.3, -0.25) is 4.68 Å². The van der Waals surface area contributed by atoms with E-state index >= 15 is 0 Å². The summed E-state index contributed by atoms with van der Waals surface area (Å²) in [7, 11) is 6.58. The van der Waals surface area contributed by atoms with Gasteiger partial charge in [-0.25, -0.2) is 0 Å². The molecule has 0 amide bonds. The molecule has 5 nitrogen and oxygen atoms in total. The van der Waals surface area contributed by atoms with Crippen molar-refractivity contribution in [2.45, 2.75) is 31.3 Å². The normalized spacial score (nSPS) is 18.3. The van der Waals surface area contributed by atoms with Crippen molar-refractivity contribution in [1.82, 2.24) is 19.6 Å². The number of hydrogen-bond donors (Lipinski definition) is 1. The van der Waals surface area contributed by atoms with Crippen LogP contribution in [-0.4, -0.2) is 59.4 Å². The van der Waals surface area contributed by atoms with E-state index in [2.05, 4.69) is 36.0 Å². The zero-order chi connectivity index (χ0) is 13.2. The lowest BCUT2D eigenvalue weighted by Crippen LogP contribution is -2.56. The lowest BCUT2D eigenvalue weighted by Gasteiger charge is -2.49. The molecular formula is C13H25N5. The fraction of sp³-hybridized carbons (Fsp3) is 0.769. The second-order valence-electron chi connectivity index (χ2n) is 5.71. The molecule has 102 valence electrons. The van der Waals surface area contributed by atoms with Crippen LogP contribution in [0.3, 0.4) is 0 Å². The van der Waals surface area contributed by atoms with Crippen LogP contribution in [0.15, 0.2) is 12.3 Å². The number of rotatable bonds is 6. The van der Waals surface area contributed by atoms with Crippen LogP contribution in [0, 0.1) is 0 Å². The van der Waals surface area contributed by atoms with Crippen molar-refractivity contribution in [3.63, 3.8) is 0 Å². The number of likely N-dealkylation sites (N-methyl/N-ethyl adjacent to an activating group) is 2. The van der Waals surface area contributed by atoms with E-state index in [4.69, 9.17) is 5.73 Å². The zero-order valence-electron chi connectivity index (χ0n) is 11.8. The third kappa shape index (κ3) is 2.84. The van der Waals surface area contributed by atoms with Crippen molar-refractivity contribution in [3.8, 4) is 0 Å². The maximum atomic E-state index is 5.60. The van der Waals surface area contributed by atoms with Gasteiger partial charge in [0.25, 0.3) is 0 Å². The smallest absolute Gasteiger partial charge is 0.145 e. The summed E-state index contributed by atoms with van der Waals surface area (Å²) >= 11 is 0. The highest BCUT2D eigenvalue weighted by molar-refractivity contribution is 5.23. The summed E-state index contributed by atoms with van der Waals surface area (Å²) in [5, 5.41) is 4.21. The van der Waals surface area contributed by atoms with E-state index in [9.17, 15) is 0 Å². The highest BCUT2D eigenvalue weighted by Crippen LogP contribution is 2.36. The zero-order valence-corrected chi connectivity index (χ0v) is 11.8.